The summed E-state index contributed by atoms with van der Waals surface area (Å²) >= 11 is 0. The summed E-state index contributed by atoms with van der Waals surface area (Å²) < 4.78 is 43.8. The summed E-state index contributed by atoms with van der Waals surface area (Å²) in [7, 11) is 1.67. The number of carbonyl (C=O) groups is 1. The molecule has 266 valence electrons. The number of aliphatic carboxylic acids is 1. The number of hydrogen-bond acceptors (Lipinski definition) is 8. The minimum atomic E-state index is -3.05. The van der Waals surface area contributed by atoms with Crippen LogP contribution >= 0.6 is 0 Å². The molecule has 51 heavy (non-hydrogen) atoms. The summed E-state index contributed by atoms with van der Waals surface area (Å²) in [5.74, 6) is -0.00516. The van der Waals surface area contributed by atoms with Gasteiger partial charge < -0.3 is 19.0 Å². The molecule has 2 aliphatic heterocycles. The minimum absolute atomic E-state index is 0.0574. The van der Waals surface area contributed by atoms with Crippen molar-refractivity contribution in [2.45, 2.75) is 78.2 Å². The zero-order chi connectivity index (χ0) is 35.8. The van der Waals surface area contributed by atoms with E-state index < -0.39 is 18.6 Å². The summed E-state index contributed by atoms with van der Waals surface area (Å²) in [5, 5.41) is 9.65. The van der Waals surface area contributed by atoms with E-state index in [0.29, 0.717) is 53.9 Å². The highest BCUT2D eigenvalue weighted by molar-refractivity contribution is 5.84. The van der Waals surface area contributed by atoms with Crippen molar-refractivity contribution in [3.05, 3.63) is 82.9 Å². The molecule has 1 N–H and O–H groups in total. The predicted octanol–water partition coefficient (Wildman–Crippen LogP) is 8.48. The molecule has 5 aromatic rings. The number of carboxylic acids is 1. The van der Waals surface area contributed by atoms with Gasteiger partial charge in [0.2, 0.25) is 11.8 Å². The first-order valence-electron chi connectivity index (χ1n) is 17.4. The third-order valence-corrected chi connectivity index (χ3v) is 10.5. The lowest BCUT2D eigenvalue weighted by atomic mass is 9.90. The number of rotatable bonds is 11. The Labute approximate surface area is 295 Å². The van der Waals surface area contributed by atoms with Crippen molar-refractivity contribution in [3.63, 3.8) is 0 Å². The largest absolute Gasteiger partial charge is 0.481 e. The van der Waals surface area contributed by atoms with Gasteiger partial charge in [0.05, 0.1) is 12.8 Å². The van der Waals surface area contributed by atoms with Gasteiger partial charge in [-0.3, -0.25) is 14.6 Å². The average Bonchev–Trinajstić information content (AvgIpc) is 3.85. The molecule has 2 aromatic heterocycles. The molecular formula is C40H42F2N4O5. The van der Waals surface area contributed by atoms with Crippen LogP contribution in [-0.2, 0) is 17.9 Å². The quantitative estimate of drug-likeness (QED) is 0.146. The van der Waals surface area contributed by atoms with Crippen molar-refractivity contribution >= 4 is 17.1 Å². The third-order valence-electron chi connectivity index (χ3n) is 10.5. The smallest absolute Gasteiger partial charge is 0.387 e. The number of pyridine rings is 1. The highest BCUT2D eigenvalue weighted by Gasteiger charge is 2.31. The molecule has 2 fully saturated rings. The lowest BCUT2D eigenvalue weighted by Crippen LogP contribution is -2.35. The number of oxazole rings is 1. The maximum atomic E-state index is 13.5. The summed E-state index contributed by atoms with van der Waals surface area (Å²) in [5.41, 5.74) is 8.90. The van der Waals surface area contributed by atoms with E-state index >= 15 is 0 Å². The van der Waals surface area contributed by atoms with E-state index in [0.717, 1.165) is 57.7 Å². The number of halogens is 2. The van der Waals surface area contributed by atoms with Crippen LogP contribution in [0.5, 0.6) is 11.6 Å². The first-order chi connectivity index (χ1) is 24.6. The van der Waals surface area contributed by atoms with E-state index in [1.54, 1.807) is 18.1 Å². The first-order valence-corrected chi connectivity index (χ1v) is 17.4. The Morgan fingerprint density at radius 2 is 1.57 bits per heavy atom. The molecule has 11 heteroatoms. The zero-order valence-corrected chi connectivity index (χ0v) is 29.3. The van der Waals surface area contributed by atoms with Gasteiger partial charge in [0.25, 0.3) is 0 Å². The first kappa shape index (κ1) is 34.6. The lowest BCUT2D eigenvalue weighted by molar-refractivity contribution is -0.142. The van der Waals surface area contributed by atoms with Crippen LogP contribution in [0.3, 0.4) is 0 Å². The second-order valence-electron chi connectivity index (χ2n) is 13.6. The lowest BCUT2D eigenvalue weighted by Gasteiger charge is -2.22. The molecule has 0 bridgehead atoms. The van der Waals surface area contributed by atoms with Crippen LogP contribution in [0.1, 0.15) is 54.9 Å². The van der Waals surface area contributed by atoms with Crippen LogP contribution in [0, 0.1) is 13.8 Å². The molecule has 0 spiro atoms. The summed E-state index contributed by atoms with van der Waals surface area (Å²) in [6, 6.07) is 19.2. The van der Waals surface area contributed by atoms with E-state index in [1.807, 2.05) is 25.1 Å². The zero-order valence-electron chi connectivity index (χ0n) is 29.3. The van der Waals surface area contributed by atoms with Crippen molar-refractivity contribution in [2.24, 2.45) is 0 Å². The van der Waals surface area contributed by atoms with Gasteiger partial charge in [0.1, 0.15) is 17.3 Å². The maximum absolute atomic E-state index is 13.5. The van der Waals surface area contributed by atoms with Gasteiger partial charge in [-0.25, -0.2) is 9.97 Å². The molecule has 4 heterocycles. The average molecular weight is 697 g/mol. The molecule has 9 nitrogen and oxygen atoms in total. The number of benzene rings is 3. The van der Waals surface area contributed by atoms with Gasteiger partial charge in [-0.15, -0.1) is 0 Å². The number of ether oxygens (including phenoxy) is 2. The van der Waals surface area contributed by atoms with Crippen molar-refractivity contribution in [1.29, 1.82) is 0 Å². The topological polar surface area (TPSA) is 101 Å². The second kappa shape index (κ2) is 14.4. The summed E-state index contributed by atoms with van der Waals surface area (Å²) in [6.45, 7) is 5.90. The number of nitrogens with zero attached hydrogens (tertiary/aromatic N) is 4. The number of hydrogen-bond donors (Lipinski definition) is 1. The SMILES string of the molecule is COc1nc(-c2cccc(-c3cccc(-c4nc5cc(CN6CCC[C@H]6C(=O)O)c(OC(F)F)cc5o4)c3C)c2C)ccc1CN1CCC[C@H]1C. The van der Waals surface area contributed by atoms with E-state index in [1.165, 1.54) is 18.9 Å². The molecule has 7 rings (SSSR count). The Balaban J connectivity index is 1.21. The van der Waals surface area contributed by atoms with Crippen LogP contribution in [-0.4, -0.2) is 69.7 Å². The molecule has 2 saturated heterocycles. The Bertz CT molecular complexity index is 2080. The minimum Gasteiger partial charge on any atom is -0.481 e. The Morgan fingerprint density at radius 1 is 0.902 bits per heavy atom. The van der Waals surface area contributed by atoms with Crippen molar-refractivity contribution in [1.82, 2.24) is 19.8 Å². The standard InChI is InChI=1S/C40H42F2N4O5/c1-23-9-7-17-45(23)21-26-15-16-32(43-37(26)49-4)30-12-5-10-28(24(30)2)29-11-6-13-31(25(29)3)38-44-33-19-27(22-46-18-8-14-34(46)39(47)48)35(51-40(41)42)20-36(33)50-38/h5-6,10-13,15-16,19-20,23,34,40H,7-9,14,17-18,21-22H2,1-4H3,(H,47,48)/t23-,34+/m1/s1. The number of alkyl halides is 2. The fourth-order valence-electron chi connectivity index (χ4n) is 7.68. The molecule has 0 unspecified atom stereocenters. The highest BCUT2D eigenvalue weighted by atomic mass is 19.3. The monoisotopic (exact) mass is 696 g/mol. The maximum Gasteiger partial charge on any atom is 0.387 e. The number of fused-ring (bicyclic) bond motifs is 1. The normalized spacial score (nSPS) is 18.3. The van der Waals surface area contributed by atoms with Gasteiger partial charge in [0, 0.05) is 47.5 Å². The van der Waals surface area contributed by atoms with Crippen LogP contribution in [0.2, 0.25) is 0 Å². The second-order valence-corrected chi connectivity index (χ2v) is 13.6. The Hall–Kier alpha value is -4.87. The van der Waals surface area contributed by atoms with Gasteiger partial charge in [0.15, 0.2) is 5.58 Å². The number of methoxy groups -OCH3 is 1. The molecule has 0 aliphatic carbocycles. The number of carboxylic acid groups (broad SMARTS) is 1. The highest BCUT2D eigenvalue weighted by Crippen LogP contribution is 2.39. The summed E-state index contributed by atoms with van der Waals surface area (Å²) in [6.07, 6.45) is 3.64. The van der Waals surface area contributed by atoms with Crippen molar-refractivity contribution < 1.29 is 32.6 Å². The van der Waals surface area contributed by atoms with Gasteiger partial charge >= 0.3 is 12.6 Å². The molecule has 2 aliphatic rings. The van der Waals surface area contributed by atoms with Crippen LogP contribution in [0.15, 0.2) is 65.1 Å². The van der Waals surface area contributed by atoms with Crippen LogP contribution in [0.25, 0.3) is 44.9 Å². The molecule has 2 atom stereocenters. The Morgan fingerprint density at radius 3 is 2.25 bits per heavy atom. The van der Waals surface area contributed by atoms with Gasteiger partial charge in [-0.2, -0.15) is 8.78 Å². The fourth-order valence-corrected chi connectivity index (χ4v) is 7.68. The molecular weight excluding hydrogens is 654 g/mol. The Kier molecular flexibility index (Phi) is 9.76. The third kappa shape index (κ3) is 6.92. The van der Waals surface area contributed by atoms with E-state index in [2.05, 4.69) is 49.1 Å². The molecule has 3 aromatic carbocycles. The number of likely N-dealkylation sites (tertiary alicyclic amines) is 2. The van der Waals surface area contributed by atoms with E-state index in [4.69, 9.17) is 23.9 Å². The number of aromatic nitrogens is 2. The van der Waals surface area contributed by atoms with Crippen molar-refractivity contribution in [3.8, 4) is 45.5 Å². The van der Waals surface area contributed by atoms with Crippen LogP contribution < -0.4 is 9.47 Å². The van der Waals surface area contributed by atoms with E-state index in [-0.39, 0.29) is 12.3 Å². The summed E-state index contributed by atoms with van der Waals surface area (Å²) in [4.78, 5) is 25.7. The molecule has 0 saturated carbocycles. The van der Waals surface area contributed by atoms with Crippen LogP contribution in [0.4, 0.5) is 8.78 Å². The molecule has 0 radical (unpaired) electrons. The fraction of sp³-hybridized carbons (Fsp3) is 0.375. The van der Waals surface area contributed by atoms with Gasteiger partial charge in [-0.1, -0.05) is 36.4 Å². The molecule has 0 amide bonds. The van der Waals surface area contributed by atoms with Crippen molar-refractivity contribution in [2.75, 3.05) is 20.2 Å². The predicted molar refractivity (Wildman–Crippen MR) is 191 cm³/mol. The van der Waals surface area contributed by atoms with Gasteiger partial charge in [-0.05, 0) is 100.0 Å². The van der Waals surface area contributed by atoms with E-state index in [9.17, 15) is 18.7 Å².